The topological polar surface area (TPSA) is 77.2 Å². The Hall–Kier alpha value is -1.50. The maximum Gasteiger partial charge on any atom is 0.157 e. The Morgan fingerprint density at radius 1 is 1.14 bits per heavy atom. The lowest BCUT2D eigenvalue weighted by Crippen LogP contribution is -2.58. The van der Waals surface area contributed by atoms with Gasteiger partial charge in [0.25, 0.3) is 0 Å². The summed E-state index contributed by atoms with van der Waals surface area (Å²) in [7, 11) is 1.85. The number of hydrogen-bond acceptors (Lipinski definition) is 5. The van der Waals surface area contributed by atoms with E-state index in [1.807, 2.05) is 26.2 Å². The number of methoxy groups -OCH3 is 1. The maximum atomic E-state index is 13.7. The molecule has 36 heavy (non-hydrogen) atoms. The number of benzene rings is 1. The highest BCUT2D eigenvalue weighted by molar-refractivity contribution is 6.31. The van der Waals surface area contributed by atoms with E-state index < -0.39 is 5.60 Å². The molecule has 4 aliphatic carbocycles. The zero-order chi connectivity index (χ0) is 25.3. The number of aromatic nitrogens is 3. The van der Waals surface area contributed by atoms with E-state index in [2.05, 4.69) is 17.2 Å². The molecule has 4 fully saturated rings. The van der Waals surface area contributed by atoms with E-state index in [0.29, 0.717) is 34.5 Å². The summed E-state index contributed by atoms with van der Waals surface area (Å²) in [6, 6.07) is 5.54. The molecule has 1 N–H and O–H groups in total. The number of carbonyl (C=O) groups is 1. The summed E-state index contributed by atoms with van der Waals surface area (Å²) in [5, 5.41) is 20.0. The molecule has 4 aliphatic rings. The molecule has 6 nitrogen and oxygen atoms in total. The highest BCUT2D eigenvalue weighted by Gasteiger charge is 2.63. The van der Waals surface area contributed by atoms with Crippen LogP contribution in [0.4, 0.5) is 0 Å². The lowest BCUT2D eigenvalue weighted by atomic mass is 9.43. The Kier molecular flexibility index (Phi) is 6.05. The van der Waals surface area contributed by atoms with Crippen molar-refractivity contribution in [2.75, 3.05) is 13.7 Å². The van der Waals surface area contributed by atoms with Crippen LogP contribution in [-0.2, 0) is 16.1 Å². The van der Waals surface area contributed by atoms with E-state index in [1.54, 1.807) is 10.7 Å². The average Bonchev–Trinajstić information content (AvgIpc) is 3.39. The van der Waals surface area contributed by atoms with Crippen molar-refractivity contribution in [2.45, 2.75) is 83.8 Å². The number of fused-ring (bicyclic) bond motifs is 6. The minimum Gasteiger partial charge on any atom is -0.390 e. The predicted octanol–water partition coefficient (Wildman–Crippen LogP) is 5.69. The van der Waals surface area contributed by atoms with E-state index in [1.165, 1.54) is 19.3 Å². The normalized spacial score (nSPS) is 42.1. The number of aliphatic hydroxyl groups is 1. The van der Waals surface area contributed by atoms with Crippen molar-refractivity contribution in [1.29, 1.82) is 0 Å². The molecule has 0 radical (unpaired) electrons. The molecule has 7 heteroatoms. The standard InChI is InChI=1S/C29H40ClN3O3/c1-27(35)12-13-29(17-36-3)18(15-27)4-6-20-21-7-8-23(28(21,2)11-10-22(20)29)26(34)16-33-25-9-5-19(30)14-24(25)31-32-33/h5,9,14,18,20-23,35H,4,6-8,10-13,15-17H2,1-3H3. The fourth-order valence-corrected chi connectivity index (χ4v) is 9.80. The zero-order valence-corrected chi connectivity index (χ0v) is 22.6. The van der Waals surface area contributed by atoms with Crippen molar-refractivity contribution in [3.8, 4) is 0 Å². The van der Waals surface area contributed by atoms with E-state index >= 15 is 0 Å². The lowest BCUT2D eigenvalue weighted by Gasteiger charge is -2.62. The van der Waals surface area contributed by atoms with Crippen molar-refractivity contribution in [3.63, 3.8) is 0 Å². The fourth-order valence-electron chi connectivity index (χ4n) is 9.63. The lowest BCUT2D eigenvalue weighted by molar-refractivity contribution is -0.175. The summed E-state index contributed by atoms with van der Waals surface area (Å²) in [6.07, 6.45) is 9.66. The van der Waals surface area contributed by atoms with Gasteiger partial charge in [-0.2, -0.15) is 0 Å². The van der Waals surface area contributed by atoms with Crippen molar-refractivity contribution < 1.29 is 14.6 Å². The highest BCUT2D eigenvalue weighted by atomic mass is 35.5. The molecule has 1 aromatic heterocycles. The third kappa shape index (κ3) is 3.77. The third-order valence-electron chi connectivity index (χ3n) is 11.2. The smallest absolute Gasteiger partial charge is 0.157 e. The Labute approximate surface area is 219 Å². The van der Waals surface area contributed by atoms with Crippen molar-refractivity contribution in [3.05, 3.63) is 23.2 Å². The molecular formula is C29H40ClN3O3. The first-order valence-corrected chi connectivity index (χ1v) is 14.3. The first kappa shape index (κ1) is 24.8. The molecule has 6 rings (SSSR count). The van der Waals surface area contributed by atoms with Crippen LogP contribution in [0.1, 0.15) is 71.6 Å². The highest BCUT2D eigenvalue weighted by Crippen LogP contribution is 2.68. The van der Waals surface area contributed by atoms with Gasteiger partial charge in [0, 0.05) is 18.1 Å². The van der Waals surface area contributed by atoms with Crippen LogP contribution in [0.15, 0.2) is 18.2 Å². The number of nitrogens with zero attached hydrogens (tertiary/aromatic N) is 3. The molecule has 0 saturated heterocycles. The third-order valence-corrected chi connectivity index (χ3v) is 11.5. The molecule has 8 atom stereocenters. The molecule has 4 saturated carbocycles. The fraction of sp³-hybridized carbons (Fsp3) is 0.759. The molecule has 0 amide bonds. The molecular weight excluding hydrogens is 474 g/mol. The minimum absolute atomic E-state index is 0.0548. The largest absolute Gasteiger partial charge is 0.390 e. The van der Waals surface area contributed by atoms with Crippen molar-refractivity contribution >= 4 is 28.4 Å². The van der Waals surface area contributed by atoms with Gasteiger partial charge in [0.05, 0.1) is 17.7 Å². The average molecular weight is 514 g/mol. The van der Waals surface area contributed by atoms with E-state index in [-0.39, 0.29) is 23.3 Å². The van der Waals surface area contributed by atoms with Crippen LogP contribution in [0.3, 0.4) is 0 Å². The van der Waals surface area contributed by atoms with Gasteiger partial charge < -0.3 is 9.84 Å². The number of rotatable bonds is 5. The van der Waals surface area contributed by atoms with E-state index in [9.17, 15) is 9.90 Å². The van der Waals surface area contributed by atoms with Gasteiger partial charge in [-0.3, -0.25) is 4.79 Å². The zero-order valence-electron chi connectivity index (χ0n) is 21.9. The van der Waals surface area contributed by atoms with Gasteiger partial charge in [0.15, 0.2) is 5.78 Å². The van der Waals surface area contributed by atoms with Crippen LogP contribution in [0.5, 0.6) is 0 Å². The molecule has 0 spiro atoms. The molecule has 0 aliphatic heterocycles. The predicted molar refractivity (Wildman–Crippen MR) is 140 cm³/mol. The Morgan fingerprint density at radius 3 is 2.78 bits per heavy atom. The summed E-state index contributed by atoms with van der Waals surface area (Å²) < 4.78 is 7.65. The first-order chi connectivity index (χ1) is 17.2. The van der Waals surface area contributed by atoms with Crippen molar-refractivity contribution in [1.82, 2.24) is 15.0 Å². The second kappa shape index (κ2) is 8.78. The molecule has 2 aromatic rings. The van der Waals surface area contributed by atoms with Gasteiger partial charge in [-0.05, 0) is 117 Å². The van der Waals surface area contributed by atoms with Gasteiger partial charge in [-0.15, -0.1) is 5.10 Å². The van der Waals surface area contributed by atoms with Gasteiger partial charge in [-0.1, -0.05) is 23.7 Å². The van der Waals surface area contributed by atoms with Crippen LogP contribution >= 0.6 is 11.6 Å². The van der Waals surface area contributed by atoms with Gasteiger partial charge in [0.2, 0.25) is 0 Å². The van der Waals surface area contributed by atoms with Crippen LogP contribution in [-0.4, -0.2) is 45.2 Å². The van der Waals surface area contributed by atoms with Crippen LogP contribution in [0.2, 0.25) is 5.02 Å². The number of carbonyl (C=O) groups excluding carboxylic acids is 1. The Balaban J connectivity index is 1.23. The summed E-state index contributed by atoms with van der Waals surface area (Å²) in [5.74, 6) is 2.81. The summed E-state index contributed by atoms with van der Waals surface area (Å²) in [5.41, 5.74) is 1.30. The molecule has 196 valence electrons. The SMILES string of the molecule is COCC12CCC(C)(O)CC1CCC1C3CCC(C(=O)Cn4nnc5cc(Cl)ccc54)C3(C)CCC12. The van der Waals surface area contributed by atoms with Gasteiger partial charge in [-0.25, -0.2) is 4.68 Å². The second-order valence-corrected chi connectivity index (χ2v) is 13.5. The van der Waals surface area contributed by atoms with Crippen LogP contribution < -0.4 is 0 Å². The van der Waals surface area contributed by atoms with Gasteiger partial charge in [0.1, 0.15) is 12.1 Å². The van der Waals surface area contributed by atoms with E-state index in [0.717, 1.165) is 56.2 Å². The molecule has 8 unspecified atom stereocenters. The number of ketones is 1. The Bertz CT molecular complexity index is 1160. The number of hydrogen-bond donors (Lipinski definition) is 1. The second-order valence-electron chi connectivity index (χ2n) is 13.0. The van der Waals surface area contributed by atoms with Crippen molar-refractivity contribution in [2.24, 2.45) is 40.4 Å². The summed E-state index contributed by atoms with van der Waals surface area (Å²) in [6.45, 7) is 5.52. The van der Waals surface area contributed by atoms with E-state index in [4.69, 9.17) is 16.3 Å². The van der Waals surface area contributed by atoms with Crippen LogP contribution in [0, 0.1) is 40.4 Å². The summed E-state index contributed by atoms with van der Waals surface area (Å²) >= 11 is 6.11. The van der Waals surface area contributed by atoms with Gasteiger partial charge >= 0.3 is 0 Å². The maximum absolute atomic E-state index is 13.7. The quantitative estimate of drug-likeness (QED) is 0.555. The first-order valence-electron chi connectivity index (χ1n) is 13.9. The monoisotopic (exact) mass is 513 g/mol. The molecule has 1 aromatic carbocycles. The number of halogens is 1. The minimum atomic E-state index is -0.542. The number of Topliss-reactive ketones (excluding diaryl/α,β-unsaturated/α-hetero) is 1. The number of ether oxygens (including phenoxy) is 1. The summed E-state index contributed by atoms with van der Waals surface area (Å²) in [4.78, 5) is 13.7. The van der Waals surface area contributed by atoms with Crippen LogP contribution in [0.25, 0.3) is 11.0 Å². The molecule has 0 bridgehead atoms. The Morgan fingerprint density at radius 2 is 1.97 bits per heavy atom. The molecule has 1 heterocycles.